The van der Waals surface area contributed by atoms with Gasteiger partial charge in [0.15, 0.2) is 9.84 Å². The summed E-state index contributed by atoms with van der Waals surface area (Å²) in [5.41, 5.74) is 1.22. The summed E-state index contributed by atoms with van der Waals surface area (Å²) in [5.74, 6) is -1.20. The minimum Gasteiger partial charge on any atom is -0.383 e. The van der Waals surface area contributed by atoms with Crippen molar-refractivity contribution in [3.63, 3.8) is 0 Å². The van der Waals surface area contributed by atoms with Gasteiger partial charge in [-0.05, 0) is 12.0 Å². The zero-order chi connectivity index (χ0) is 20.9. The molecule has 2 fully saturated rings. The molecule has 0 radical (unpaired) electrons. The fourth-order valence-electron chi connectivity index (χ4n) is 3.87. The van der Waals surface area contributed by atoms with Gasteiger partial charge in [-0.25, -0.2) is 8.42 Å². The second-order valence-corrected chi connectivity index (χ2v) is 9.83. The Morgan fingerprint density at radius 3 is 2.41 bits per heavy atom. The maximum atomic E-state index is 12.9. The number of ether oxygens (including phenoxy) is 1. The third kappa shape index (κ3) is 5.77. The second kappa shape index (κ2) is 9.69. The minimum absolute atomic E-state index is 0.0563. The molecule has 0 spiro atoms. The fourth-order valence-corrected chi connectivity index (χ4v) is 5.60. The monoisotopic (exact) mass is 423 g/mol. The van der Waals surface area contributed by atoms with Gasteiger partial charge >= 0.3 is 11.8 Å². The molecule has 2 amide bonds. The molecule has 1 unspecified atom stereocenters. The fraction of sp³-hybridized carbons (Fsp3) is 0.600. The van der Waals surface area contributed by atoms with Gasteiger partial charge in [0.05, 0.1) is 18.1 Å². The average Bonchev–Trinajstić information content (AvgIpc) is 3.08. The number of carbonyl (C=O) groups excluding carboxylic acids is 2. The van der Waals surface area contributed by atoms with Gasteiger partial charge in [0, 0.05) is 52.4 Å². The number of carbonyl (C=O) groups is 2. The molecule has 0 N–H and O–H groups in total. The molecular formula is C20H29N3O5S. The van der Waals surface area contributed by atoms with E-state index in [2.05, 4.69) is 17.0 Å². The lowest BCUT2D eigenvalue weighted by atomic mass is 10.2. The number of benzene rings is 1. The van der Waals surface area contributed by atoms with Crippen LogP contribution in [0.1, 0.15) is 12.0 Å². The SMILES string of the molecule is COCCN(C(=O)C(=O)N1CCN(Cc2ccccc2)CC1)C1CCS(=O)(=O)C1. The Labute approximate surface area is 172 Å². The summed E-state index contributed by atoms with van der Waals surface area (Å²) in [6, 6.07) is 9.69. The second-order valence-electron chi connectivity index (χ2n) is 7.60. The van der Waals surface area contributed by atoms with Crippen LogP contribution in [0.15, 0.2) is 30.3 Å². The Balaban J connectivity index is 1.57. The normalized spacial score (nSPS) is 21.8. The van der Waals surface area contributed by atoms with Crippen molar-refractivity contribution in [2.24, 2.45) is 0 Å². The zero-order valence-corrected chi connectivity index (χ0v) is 17.6. The predicted octanol–water partition coefficient (Wildman–Crippen LogP) is -0.00710. The lowest BCUT2D eigenvalue weighted by molar-refractivity contribution is -0.154. The van der Waals surface area contributed by atoms with Crippen molar-refractivity contribution < 1.29 is 22.7 Å². The topological polar surface area (TPSA) is 87.2 Å². The first kappa shape index (κ1) is 21.7. The van der Waals surface area contributed by atoms with Gasteiger partial charge in [0.25, 0.3) is 0 Å². The first-order valence-electron chi connectivity index (χ1n) is 9.95. The number of hydrogen-bond donors (Lipinski definition) is 0. The molecule has 2 aliphatic heterocycles. The number of amides is 2. The lowest BCUT2D eigenvalue weighted by Crippen LogP contribution is -2.55. The summed E-state index contributed by atoms with van der Waals surface area (Å²) in [6.45, 7) is 3.66. The first-order valence-corrected chi connectivity index (χ1v) is 11.8. The van der Waals surface area contributed by atoms with Crippen molar-refractivity contribution in [2.45, 2.75) is 19.0 Å². The van der Waals surface area contributed by atoms with Crippen molar-refractivity contribution in [1.29, 1.82) is 0 Å². The van der Waals surface area contributed by atoms with E-state index in [1.165, 1.54) is 17.6 Å². The summed E-state index contributed by atoms with van der Waals surface area (Å²) in [7, 11) is -1.64. The van der Waals surface area contributed by atoms with E-state index >= 15 is 0 Å². The summed E-state index contributed by atoms with van der Waals surface area (Å²) in [4.78, 5) is 30.9. The molecule has 160 valence electrons. The molecular weight excluding hydrogens is 394 g/mol. The predicted molar refractivity (Wildman–Crippen MR) is 109 cm³/mol. The standard InChI is InChI=1S/C20H29N3O5S/c1-28-13-12-23(18-7-14-29(26,27)16-18)20(25)19(24)22-10-8-21(9-11-22)15-17-5-3-2-4-6-17/h2-6,18H,7-16H2,1H3. The number of rotatable bonds is 6. The highest BCUT2D eigenvalue weighted by Gasteiger charge is 2.38. The average molecular weight is 424 g/mol. The molecule has 29 heavy (non-hydrogen) atoms. The van der Waals surface area contributed by atoms with E-state index < -0.39 is 27.7 Å². The van der Waals surface area contributed by atoms with Crippen molar-refractivity contribution >= 4 is 21.7 Å². The van der Waals surface area contributed by atoms with Crippen molar-refractivity contribution in [1.82, 2.24) is 14.7 Å². The van der Waals surface area contributed by atoms with Gasteiger partial charge in [-0.2, -0.15) is 0 Å². The van der Waals surface area contributed by atoms with Crippen LogP contribution in [0.5, 0.6) is 0 Å². The smallest absolute Gasteiger partial charge is 0.312 e. The van der Waals surface area contributed by atoms with Gasteiger partial charge < -0.3 is 14.5 Å². The van der Waals surface area contributed by atoms with Crippen LogP contribution in [0.25, 0.3) is 0 Å². The highest BCUT2D eigenvalue weighted by atomic mass is 32.2. The van der Waals surface area contributed by atoms with Crippen LogP contribution in [-0.4, -0.2) is 98.9 Å². The zero-order valence-electron chi connectivity index (χ0n) is 16.8. The van der Waals surface area contributed by atoms with Crippen LogP contribution in [0.3, 0.4) is 0 Å². The third-order valence-electron chi connectivity index (χ3n) is 5.54. The van der Waals surface area contributed by atoms with E-state index in [1.807, 2.05) is 18.2 Å². The molecule has 0 aliphatic carbocycles. The lowest BCUT2D eigenvalue weighted by Gasteiger charge is -2.36. The van der Waals surface area contributed by atoms with E-state index in [4.69, 9.17) is 4.74 Å². The van der Waals surface area contributed by atoms with E-state index in [-0.39, 0.29) is 24.7 Å². The van der Waals surface area contributed by atoms with Gasteiger partial charge in [0.2, 0.25) is 0 Å². The summed E-state index contributed by atoms with van der Waals surface area (Å²) < 4.78 is 28.7. The van der Waals surface area contributed by atoms with Crippen molar-refractivity contribution in [3.05, 3.63) is 35.9 Å². The molecule has 9 heteroatoms. The molecule has 0 aromatic heterocycles. The van der Waals surface area contributed by atoms with E-state index in [0.29, 0.717) is 32.6 Å². The van der Waals surface area contributed by atoms with Crippen molar-refractivity contribution in [2.75, 3.05) is 57.9 Å². The highest BCUT2D eigenvalue weighted by Crippen LogP contribution is 2.19. The van der Waals surface area contributed by atoms with E-state index in [1.54, 1.807) is 4.90 Å². The van der Waals surface area contributed by atoms with Crippen LogP contribution in [0, 0.1) is 0 Å². The van der Waals surface area contributed by atoms with Crippen molar-refractivity contribution in [3.8, 4) is 0 Å². The molecule has 2 saturated heterocycles. The van der Waals surface area contributed by atoms with Crippen LogP contribution >= 0.6 is 0 Å². The molecule has 1 atom stereocenters. The Morgan fingerprint density at radius 2 is 1.83 bits per heavy atom. The van der Waals surface area contributed by atoms with Gasteiger partial charge in [-0.15, -0.1) is 0 Å². The minimum atomic E-state index is -3.15. The largest absolute Gasteiger partial charge is 0.383 e. The summed E-state index contributed by atoms with van der Waals surface area (Å²) in [6.07, 6.45) is 0.371. The maximum Gasteiger partial charge on any atom is 0.312 e. The number of hydrogen-bond acceptors (Lipinski definition) is 6. The number of nitrogens with zero attached hydrogens (tertiary/aromatic N) is 3. The quantitative estimate of drug-likeness (QED) is 0.599. The van der Waals surface area contributed by atoms with Gasteiger partial charge in [-0.1, -0.05) is 30.3 Å². The molecule has 1 aromatic rings. The van der Waals surface area contributed by atoms with Gasteiger partial charge in [0.1, 0.15) is 0 Å². The Hall–Kier alpha value is -1.97. The molecule has 2 aliphatic rings. The Morgan fingerprint density at radius 1 is 1.14 bits per heavy atom. The van der Waals surface area contributed by atoms with E-state index in [9.17, 15) is 18.0 Å². The molecule has 1 aromatic carbocycles. The van der Waals surface area contributed by atoms with Crippen LogP contribution in [-0.2, 0) is 30.7 Å². The van der Waals surface area contributed by atoms with Crippen LogP contribution < -0.4 is 0 Å². The molecule has 3 rings (SSSR count). The Bertz CT molecular complexity index is 807. The first-order chi connectivity index (χ1) is 13.9. The van der Waals surface area contributed by atoms with Gasteiger partial charge in [-0.3, -0.25) is 14.5 Å². The highest BCUT2D eigenvalue weighted by molar-refractivity contribution is 7.91. The van der Waals surface area contributed by atoms with Crippen LogP contribution in [0.4, 0.5) is 0 Å². The Kier molecular flexibility index (Phi) is 7.26. The number of sulfone groups is 1. The summed E-state index contributed by atoms with van der Waals surface area (Å²) in [5, 5.41) is 0. The third-order valence-corrected chi connectivity index (χ3v) is 7.29. The summed E-state index contributed by atoms with van der Waals surface area (Å²) >= 11 is 0. The maximum absolute atomic E-state index is 12.9. The molecule has 2 heterocycles. The number of methoxy groups -OCH3 is 1. The molecule has 0 saturated carbocycles. The number of piperazine rings is 1. The van der Waals surface area contributed by atoms with Crippen LogP contribution in [0.2, 0.25) is 0 Å². The molecule has 8 nitrogen and oxygen atoms in total. The molecule has 0 bridgehead atoms. The van der Waals surface area contributed by atoms with E-state index in [0.717, 1.165) is 6.54 Å².